The van der Waals surface area contributed by atoms with Gasteiger partial charge in [0.15, 0.2) is 0 Å². The van der Waals surface area contributed by atoms with Crippen molar-refractivity contribution in [3.63, 3.8) is 0 Å². The smallest absolute Gasteiger partial charge is 0.411 e. The van der Waals surface area contributed by atoms with E-state index in [1.54, 1.807) is 6.07 Å². The van der Waals surface area contributed by atoms with Gasteiger partial charge in [-0.1, -0.05) is 48.5 Å². The van der Waals surface area contributed by atoms with E-state index in [0.717, 1.165) is 29.5 Å². The van der Waals surface area contributed by atoms with Crippen LogP contribution < -0.4 is 5.32 Å². The molecule has 1 amide bonds. The summed E-state index contributed by atoms with van der Waals surface area (Å²) >= 11 is 0. The number of anilines is 1. The van der Waals surface area contributed by atoms with Crippen molar-refractivity contribution in [1.82, 2.24) is 0 Å². The Morgan fingerprint density at radius 3 is 2.17 bits per heavy atom. The number of benzene rings is 3. The van der Waals surface area contributed by atoms with E-state index in [9.17, 15) is 14.7 Å². The number of hydrogen-bond acceptors (Lipinski definition) is 3. The summed E-state index contributed by atoms with van der Waals surface area (Å²) < 4.78 is 5.56. The quantitative estimate of drug-likeness (QED) is 0.584. The lowest BCUT2D eigenvalue weighted by Crippen LogP contribution is -2.18. The number of carbonyl (C=O) groups is 2. The Labute approximate surface area is 174 Å². The molecule has 2 N–H and O–H groups in total. The van der Waals surface area contributed by atoms with Crippen molar-refractivity contribution in [2.24, 2.45) is 0 Å². The van der Waals surface area contributed by atoms with Crippen molar-refractivity contribution >= 4 is 17.7 Å². The molecule has 5 nitrogen and oxygen atoms in total. The molecule has 1 saturated carbocycles. The van der Waals surface area contributed by atoms with Crippen LogP contribution in [0, 0.1) is 0 Å². The molecule has 0 bridgehead atoms. The third kappa shape index (κ3) is 3.43. The first-order chi connectivity index (χ1) is 14.6. The van der Waals surface area contributed by atoms with Crippen LogP contribution in [0.3, 0.4) is 0 Å². The average molecular weight is 399 g/mol. The molecule has 3 aromatic rings. The first-order valence-corrected chi connectivity index (χ1v) is 10.1. The molecule has 2 aliphatic carbocycles. The van der Waals surface area contributed by atoms with Crippen LogP contribution in [-0.2, 0) is 4.74 Å². The highest BCUT2D eigenvalue weighted by molar-refractivity contribution is 5.92. The van der Waals surface area contributed by atoms with Gasteiger partial charge in [0.1, 0.15) is 6.61 Å². The largest absolute Gasteiger partial charge is 0.478 e. The van der Waals surface area contributed by atoms with Gasteiger partial charge in [0.25, 0.3) is 0 Å². The zero-order valence-electron chi connectivity index (χ0n) is 16.3. The molecule has 5 rings (SSSR count). The van der Waals surface area contributed by atoms with Crippen LogP contribution in [0.25, 0.3) is 11.1 Å². The summed E-state index contributed by atoms with van der Waals surface area (Å²) in [5.74, 6) is -0.643. The van der Waals surface area contributed by atoms with Crippen molar-refractivity contribution in [1.29, 1.82) is 0 Å². The van der Waals surface area contributed by atoms with Crippen LogP contribution in [0.15, 0.2) is 66.7 Å². The van der Waals surface area contributed by atoms with Crippen molar-refractivity contribution in [3.8, 4) is 11.1 Å². The summed E-state index contributed by atoms with van der Waals surface area (Å²) in [6.45, 7) is 0.216. The van der Waals surface area contributed by atoms with Crippen LogP contribution >= 0.6 is 0 Å². The van der Waals surface area contributed by atoms with Crippen molar-refractivity contribution in [2.75, 3.05) is 11.9 Å². The Morgan fingerprint density at radius 1 is 0.933 bits per heavy atom. The summed E-state index contributed by atoms with van der Waals surface area (Å²) in [5, 5.41) is 12.1. The first kappa shape index (κ1) is 18.4. The summed E-state index contributed by atoms with van der Waals surface area (Å²) in [4.78, 5) is 23.9. The SMILES string of the molecule is O=C(Nc1cc(C(=O)O)cc(C2CC2)c1)OCC1c2ccccc2-c2ccccc21. The van der Waals surface area contributed by atoms with Gasteiger partial charge in [-0.2, -0.15) is 0 Å². The second-order valence-corrected chi connectivity index (χ2v) is 7.87. The second kappa shape index (κ2) is 7.34. The molecular formula is C25H21NO4. The fourth-order valence-electron chi connectivity index (χ4n) is 4.25. The third-order valence-electron chi connectivity index (χ3n) is 5.84. The van der Waals surface area contributed by atoms with Gasteiger partial charge in [0.2, 0.25) is 0 Å². The Balaban J connectivity index is 1.32. The first-order valence-electron chi connectivity index (χ1n) is 10.1. The van der Waals surface area contributed by atoms with Gasteiger partial charge >= 0.3 is 12.1 Å². The molecule has 0 atom stereocenters. The Bertz CT molecular complexity index is 1100. The monoisotopic (exact) mass is 399 g/mol. The van der Waals surface area contributed by atoms with Gasteiger partial charge in [-0.25, -0.2) is 9.59 Å². The number of carboxylic acid groups (broad SMARTS) is 1. The van der Waals surface area contributed by atoms with E-state index in [-0.39, 0.29) is 18.1 Å². The van der Waals surface area contributed by atoms with Gasteiger partial charge < -0.3 is 9.84 Å². The summed E-state index contributed by atoms with van der Waals surface area (Å²) in [6.07, 6.45) is 1.52. The van der Waals surface area contributed by atoms with E-state index in [2.05, 4.69) is 29.6 Å². The number of carboxylic acids is 1. The molecule has 150 valence electrons. The summed E-state index contributed by atoms with van der Waals surface area (Å²) in [6, 6.07) is 21.3. The van der Waals surface area contributed by atoms with Crippen LogP contribution in [-0.4, -0.2) is 23.8 Å². The van der Waals surface area contributed by atoms with Gasteiger partial charge in [-0.15, -0.1) is 0 Å². The van der Waals surface area contributed by atoms with Crippen LogP contribution in [0.1, 0.15) is 51.7 Å². The lowest BCUT2D eigenvalue weighted by Gasteiger charge is -2.15. The molecule has 0 saturated heterocycles. The van der Waals surface area contributed by atoms with Gasteiger partial charge in [-0.05, 0) is 64.8 Å². The second-order valence-electron chi connectivity index (χ2n) is 7.87. The molecule has 2 aliphatic rings. The fourth-order valence-corrected chi connectivity index (χ4v) is 4.25. The molecule has 0 aromatic heterocycles. The average Bonchev–Trinajstić information content (AvgIpc) is 3.55. The minimum atomic E-state index is -1.01. The normalized spacial score (nSPS) is 14.7. The minimum absolute atomic E-state index is 0.0180. The maximum atomic E-state index is 12.5. The number of hydrogen-bond donors (Lipinski definition) is 2. The van der Waals surface area contributed by atoms with Gasteiger partial charge in [0.05, 0.1) is 5.56 Å². The van der Waals surface area contributed by atoms with Crippen LogP contribution in [0.5, 0.6) is 0 Å². The number of nitrogens with one attached hydrogen (secondary N) is 1. The zero-order chi connectivity index (χ0) is 20.7. The molecule has 0 aliphatic heterocycles. The Morgan fingerprint density at radius 2 is 1.57 bits per heavy atom. The summed E-state index contributed by atoms with van der Waals surface area (Å²) in [5.41, 5.74) is 6.22. The number of aromatic carboxylic acids is 1. The number of rotatable bonds is 5. The van der Waals surface area contributed by atoms with Crippen LogP contribution in [0.4, 0.5) is 10.5 Å². The molecule has 0 unspecified atom stereocenters. The van der Waals surface area contributed by atoms with E-state index in [1.165, 1.54) is 17.2 Å². The predicted molar refractivity (Wildman–Crippen MR) is 114 cm³/mol. The van der Waals surface area contributed by atoms with Gasteiger partial charge in [-0.3, -0.25) is 5.32 Å². The fraction of sp³-hybridized carbons (Fsp3) is 0.200. The number of fused-ring (bicyclic) bond motifs is 3. The molecule has 5 heteroatoms. The Hall–Kier alpha value is -3.60. The lowest BCUT2D eigenvalue weighted by atomic mass is 9.98. The minimum Gasteiger partial charge on any atom is -0.478 e. The van der Waals surface area contributed by atoms with E-state index < -0.39 is 12.1 Å². The zero-order valence-corrected chi connectivity index (χ0v) is 16.3. The number of carbonyl (C=O) groups excluding carboxylic acids is 1. The Kier molecular flexibility index (Phi) is 4.51. The summed E-state index contributed by atoms with van der Waals surface area (Å²) in [7, 11) is 0. The van der Waals surface area contributed by atoms with Crippen LogP contribution in [0.2, 0.25) is 0 Å². The van der Waals surface area contributed by atoms with Crippen molar-refractivity contribution in [2.45, 2.75) is 24.7 Å². The highest BCUT2D eigenvalue weighted by atomic mass is 16.5. The topological polar surface area (TPSA) is 75.6 Å². The standard InChI is InChI=1S/C25H21NO4/c27-24(28)17-11-16(15-9-10-15)12-18(13-17)26-25(29)30-14-23-21-7-3-1-5-19(21)20-6-2-4-8-22(20)23/h1-8,11-13,15,23H,9-10,14H2,(H,26,29)(H,27,28). The third-order valence-corrected chi connectivity index (χ3v) is 5.84. The molecular weight excluding hydrogens is 378 g/mol. The van der Waals surface area contributed by atoms with E-state index >= 15 is 0 Å². The van der Waals surface area contributed by atoms with Gasteiger partial charge in [0, 0.05) is 11.6 Å². The molecule has 3 aromatic carbocycles. The number of amides is 1. The maximum absolute atomic E-state index is 12.5. The molecule has 1 fully saturated rings. The van der Waals surface area contributed by atoms with E-state index in [1.807, 2.05) is 30.3 Å². The van der Waals surface area contributed by atoms with Crippen molar-refractivity contribution < 1.29 is 19.4 Å². The van der Waals surface area contributed by atoms with Crippen molar-refractivity contribution in [3.05, 3.63) is 89.0 Å². The molecule has 0 heterocycles. The highest BCUT2D eigenvalue weighted by Gasteiger charge is 2.29. The highest BCUT2D eigenvalue weighted by Crippen LogP contribution is 2.44. The predicted octanol–water partition coefficient (Wildman–Crippen LogP) is 5.62. The van der Waals surface area contributed by atoms with E-state index in [0.29, 0.717) is 11.6 Å². The molecule has 0 radical (unpaired) electrons. The molecule has 0 spiro atoms. The maximum Gasteiger partial charge on any atom is 0.411 e. The van der Waals surface area contributed by atoms with E-state index in [4.69, 9.17) is 4.74 Å². The lowest BCUT2D eigenvalue weighted by molar-refractivity contribution is 0.0696. The molecule has 30 heavy (non-hydrogen) atoms. The number of ether oxygens (including phenoxy) is 1.